The molecule has 1 aliphatic rings. The number of nitrogens with one attached hydrogen (secondary N) is 1. The van der Waals surface area contributed by atoms with Crippen LogP contribution in [0.2, 0.25) is 0 Å². The Bertz CT molecular complexity index is 198. The van der Waals surface area contributed by atoms with E-state index in [-0.39, 0.29) is 0 Å². The Morgan fingerprint density at radius 3 is 2.53 bits per heavy atom. The van der Waals surface area contributed by atoms with Gasteiger partial charge in [0.1, 0.15) is 0 Å². The van der Waals surface area contributed by atoms with Crippen LogP contribution in [0.25, 0.3) is 0 Å². The molecule has 1 N–H and O–H groups in total. The van der Waals surface area contributed by atoms with Crippen LogP contribution in [-0.2, 0) is 0 Å². The van der Waals surface area contributed by atoms with Crippen molar-refractivity contribution in [2.45, 2.75) is 85.1 Å². The van der Waals surface area contributed by atoms with Crippen LogP contribution in [0.15, 0.2) is 0 Å². The second kappa shape index (κ2) is 7.41. The van der Waals surface area contributed by atoms with Crippen molar-refractivity contribution in [2.75, 3.05) is 6.54 Å². The molecule has 0 saturated heterocycles. The number of hydrogen-bond acceptors (Lipinski definition) is 1. The molecule has 0 amide bonds. The number of rotatable bonds is 8. The summed E-state index contributed by atoms with van der Waals surface area (Å²) in [5.41, 5.74) is 0.482. The summed E-state index contributed by atoms with van der Waals surface area (Å²) in [7, 11) is 0. The first-order valence-electron chi connectivity index (χ1n) is 7.82. The highest BCUT2D eigenvalue weighted by Gasteiger charge is 2.27. The predicted molar refractivity (Wildman–Crippen MR) is 77.3 cm³/mol. The molecule has 2 unspecified atom stereocenters. The van der Waals surface area contributed by atoms with Gasteiger partial charge in [0, 0.05) is 12.6 Å². The highest BCUT2D eigenvalue weighted by Crippen LogP contribution is 2.30. The zero-order valence-electron chi connectivity index (χ0n) is 12.5. The summed E-state index contributed by atoms with van der Waals surface area (Å²) in [6.45, 7) is 10.7. The van der Waals surface area contributed by atoms with Gasteiger partial charge in [0.05, 0.1) is 0 Å². The van der Waals surface area contributed by atoms with E-state index in [0.717, 1.165) is 12.0 Å². The molecule has 0 aliphatic heterocycles. The van der Waals surface area contributed by atoms with Crippen molar-refractivity contribution in [3.8, 4) is 0 Å². The van der Waals surface area contributed by atoms with E-state index >= 15 is 0 Å². The first-order chi connectivity index (χ1) is 8.09. The van der Waals surface area contributed by atoms with E-state index in [1.807, 2.05) is 0 Å². The van der Waals surface area contributed by atoms with Crippen LogP contribution in [0, 0.1) is 11.3 Å². The highest BCUT2D eigenvalue weighted by molar-refractivity contribution is 4.84. The van der Waals surface area contributed by atoms with Crippen LogP contribution in [0.1, 0.15) is 79.1 Å². The van der Waals surface area contributed by atoms with Crippen LogP contribution >= 0.6 is 0 Å². The lowest BCUT2D eigenvalue weighted by Gasteiger charge is -2.29. The third-order valence-electron chi connectivity index (χ3n) is 4.48. The fourth-order valence-corrected chi connectivity index (χ4v) is 3.14. The summed E-state index contributed by atoms with van der Waals surface area (Å²) in [6.07, 6.45) is 11.1. The van der Waals surface area contributed by atoms with E-state index in [0.29, 0.717) is 5.41 Å². The summed E-state index contributed by atoms with van der Waals surface area (Å²) in [5, 5.41) is 3.85. The van der Waals surface area contributed by atoms with Crippen molar-refractivity contribution in [1.82, 2.24) is 5.32 Å². The molecule has 0 aromatic carbocycles. The third kappa shape index (κ3) is 5.42. The van der Waals surface area contributed by atoms with Crippen LogP contribution in [0.3, 0.4) is 0 Å². The van der Waals surface area contributed by atoms with Crippen molar-refractivity contribution < 1.29 is 0 Å². The molecule has 0 bridgehead atoms. The van der Waals surface area contributed by atoms with E-state index in [1.165, 1.54) is 57.9 Å². The molecule has 1 fully saturated rings. The van der Waals surface area contributed by atoms with Gasteiger partial charge >= 0.3 is 0 Å². The van der Waals surface area contributed by atoms with Gasteiger partial charge in [0.25, 0.3) is 0 Å². The van der Waals surface area contributed by atoms with Crippen LogP contribution < -0.4 is 5.32 Å². The van der Waals surface area contributed by atoms with Gasteiger partial charge < -0.3 is 5.32 Å². The Balaban J connectivity index is 2.23. The first kappa shape index (κ1) is 15.0. The maximum absolute atomic E-state index is 3.85. The molecule has 0 spiro atoms. The summed E-state index contributed by atoms with van der Waals surface area (Å²) >= 11 is 0. The maximum Gasteiger partial charge on any atom is 0.00954 e. The molecule has 0 heterocycles. The molecule has 1 heteroatoms. The van der Waals surface area contributed by atoms with Crippen molar-refractivity contribution in [3.05, 3.63) is 0 Å². The minimum Gasteiger partial charge on any atom is -0.313 e. The minimum atomic E-state index is 0.482. The van der Waals surface area contributed by atoms with Crippen LogP contribution in [-0.4, -0.2) is 12.6 Å². The topological polar surface area (TPSA) is 12.0 Å². The van der Waals surface area contributed by atoms with Crippen molar-refractivity contribution >= 4 is 0 Å². The Hall–Kier alpha value is -0.0400. The Morgan fingerprint density at radius 1 is 1.12 bits per heavy atom. The van der Waals surface area contributed by atoms with Crippen molar-refractivity contribution in [3.63, 3.8) is 0 Å². The molecule has 17 heavy (non-hydrogen) atoms. The van der Waals surface area contributed by atoms with Gasteiger partial charge in [-0.3, -0.25) is 0 Å². The van der Waals surface area contributed by atoms with E-state index in [4.69, 9.17) is 0 Å². The first-order valence-corrected chi connectivity index (χ1v) is 7.82. The SMILES string of the molecule is CCCCCC(C)(C)CNC1CCCC1CC. The van der Waals surface area contributed by atoms with E-state index in [9.17, 15) is 0 Å². The molecule has 2 atom stereocenters. The normalized spacial score (nSPS) is 25.4. The largest absolute Gasteiger partial charge is 0.313 e. The van der Waals surface area contributed by atoms with Crippen molar-refractivity contribution in [1.29, 1.82) is 0 Å². The summed E-state index contributed by atoms with van der Waals surface area (Å²) < 4.78 is 0. The van der Waals surface area contributed by atoms with Gasteiger partial charge in [-0.1, -0.05) is 59.8 Å². The quantitative estimate of drug-likeness (QED) is 0.602. The molecule has 1 nitrogen and oxygen atoms in total. The molecule has 1 saturated carbocycles. The molecule has 0 aromatic heterocycles. The average Bonchev–Trinajstić information content (AvgIpc) is 2.74. The zero-order chi connectivity index (χ0) is 12.7. The second-order valence-corrected chi connectivity index (χ2v) is 6.71. The molecule has 1 rings (SSSR count). The molecule has 102 valence electrons. The van der Waals surface area contributed by atoms with Gasteiger partial charge in [0.2, 0.25) is 0 Å². The van der Waals surface area contributed by atoms with Gasteiger partial charge in [-0.25, -0.2) is 0 Å². The fourth-order valence-electron chi connectivity index (χ4n) is 3.14. The Morgan fingerprint density at radius 2 is 1.88 bits per heavy atom. The van der Waals surface area contributed by atoms with E-state index < -0.39 is 0 Å². The average molecular weight is 239 g/mol. The molecule has 0 aromatic rings. The lowest BCUT2D eigenvalue weighted by Crippen LogP contribution is -2.39. The lowest BCUT2D eigenvalue weighted by molar-refractivity contribution is 0.268. The molecular formula is C16H33N. The number of unbranched alkanes of at least 4 members (excludes halogenated alkanes) is 2. The Kier molecular flexibility index (Phi) is 6.54. The van der Waals surface area contributed by atoms with Crippen LogP contribution in [0.4, 0.5) is 0 Å². The van der Waals surface area contributed by atoms with Gasteiger partial charge in [-0.05, 0) is 30.6 Å². The minimum absolute atomic E-state index is 0.482. The lowest BCUT2D eigenvalue weighted by atomic mass is 9.86. The van der Waals surface area contributed by atoms with Gasteiger partial charge in [-0.15, -0.1) is 0 Å². The van der Waals surface area contributed by atoms with E-state index in [2.05, 4.69) is 33.0 Å². The third-order valence-corrected chi connectivity index (χ3v) is 4.48. The Labute approximate surface area is 109 Å². The zero-order valence-corrected chi connectivity index (χ0v) is 12.5. The predicted octanol–water partition coefficient (Wildman–Crippen LogP) is 4.76. The number of hydrogen-bond donors (Lipinski definition) is 1. The second-order valence-electron chi connectivity index (χ2n) is 6.71. The van der Waals surface area contributed by atoms with Crippen LogP contribution in [0.5, 0.6) is 0 Å². The summed E-state index contributed by atoms with van der Waals surface area (Å²) in [6, 6.07) is 0.811. The standard InChI is InChI=1S/C16H33N/c1-5-7-8-12-16(3,4)13-17-15-11-9-10-14(15)6-2/h14-15,17H,5-13H2,1-4H3. The smallest absolute Gasteiger partial charge is 0.00954 e. The fraction of sp³-hybridized carbons (Fsp3) is 1.00. The maximum atomic E-state index is 3.85. The highest BCUT2D eigenvalue weighted by atomic mass is 14.9. The van der Waals surface area contributed by atoms with E-state index in [1.54, 1.807) is 0 Å². The summed E-state index contributed by atoms with van der Waals surface area (Å²) in [4.78, 5) is 0. The molecular weight excluding hydrogens is 206 g/mol. The monoisotopic (exact) mass is 239 g/mol. The van der Waals surface area contributed by atoms with Gasteiger partial charge in [0.15, 0.2) is 0 Å². The molecule has 1 aliphatic carbocycles. The van der Waals surface area contributed by atoms with Crippen molar-refractivity contribution in [2.24, 2.45) is 11.3 Å². The molecule has 0 radical (unpaired) electrons. The van der Waals surface area contributed by atoms with Gasteiger partial charge in [-0.2, -0.15) is 0 Å². The summed E-state index contributed by atoms with van der Waals surface area (Å²) in [5.74, 6) is 0.946.